The summed E-state index contributed by atoms with van der Waals surface area (Å²) in [5.74, 6) is -1.46. The highest BCUT2D eigenvalue weighted by Gasteiger charge is 2.44. The van der Waals surface area contributed by atoms with E-state index in [1.165, 1.54) is 0 Å². The van der Waals surface area contributed by atoms with Gasteiger partial charge >= 0.3 is 5.97 Å². The molecule has 5 nitrogen and oxygen atoms in total. The van der Waals surface area contributed by atoms with E-state index in [-0.39, 0.29) is 24.0 Å². The number of benzene rings is 1. The Morgan fingerprint density at radius 1 is 1.29 bits per heavy atom. The molecule has 2 N–H and O–H groups in total. The Morgan fingerprint density at radius 2 is 2.00 bits per heavy atom. The van der Waals surface area contributed by atoms with Crippen LogP contribution in [0.1, 0.15) is 37.7 Å². The Labute approximate surface area is 123 Å². The summed E-state index contributed by atoms with van der Waals surface area (Å²) in [5, 5.41) is 11.9. The van der Waals surface area contributed by atoms with E-state index in [2.05, 4.69) is 5.32 Å². The monoisotopic (exact) mass is 289 g/mol. The van der Waals surface area contributed by atoms with Gasteiger partial charge < -0.3 is 15.2 Å². The van der Waals surface area contributed by atoms with Crippen LogP contribution in [0.5, 0.6) is 0 Å². The number of rotatable bonds is 4. The number of fused-ring (bicyclic) bond motifs is 2. The molecule has 0 radical (unpaired) electrons. The van der Waals surface area contributed by atoms with Crippen molar-refractivity contribution in [3.63, 3.8) is 0 Å². The SMILES string of the molecule is CC(C(=O)O)c1ccc(NC(=O)C2CC3CCC2O3)cc1. The Hall–Kier alpha value is -1.88. The van der Waals surface area contributed by atoms with Crippen LogP contribution in [0.3, 0.4) is 0 Å². The number of carbonyl (C=O) groups is 2. The molecule has 1 amide bonds. The molecule has 1 aromatic rings. The summed E-state index contributed by atoms with van der Waals surface area (Å²) < 4.78 is 5.69. The standard InChI is InChI=1S/C16H19NO4/c1-9(16(19)20)10-2-4-11(5-3-10)17-15(18)13-8-12-6-7-14(13)21-12/h2-5,9,12-14H,6-8H2,1H3,(H,17,18)(H,19,20). The normalized spacial score (nSPS) is 28.3. The van der Waals surface area contributed by atoms with Gasteiger partial charge in [-0.15, -0.1) is 0 Å². The van der Waals surface area contributed by atoms with Crippen LogP contribution in [0.2, 0.25) is 0 Å². The number of aliphatic carboxylic acids is 1. The van der Waals surface area contributed by atoms with Crippen molar-refractivity contribution in [3.8, 4) is 0 Å². The Morgan fingerprint density at radius 3 is 2.52 bits per heavy atom. The molecule has 2 aliphatic heterocycles. The summed E-state index contributed by atoms with van der Waals surface area (Å²) in [6.45, 7) is 1.64. The fraction of sp³-hybridized carbons (Fsp3) is 0.500. The van der Waals surface area contributed by atoms with E-state index >= 15 is 0 Å². The van der Waals surface area contributed by atoms with Gasteiger partial charge in [0, 0.05) is 5.69 Å². The molecule has 2 aliphatic rings. The fourth-order valence-corrected chi connectivity index (χ4v) is 3.15. The summed E-state index contributed by atoms with van der Waals surface area (Å²) in [6.07, 6.45) is 3.17. The molecule has 4 atom stereocenters. The quantitative estimate of drug-likeness (QED) is 0.892. The zero-order valence-electron chi connectivity index (χ0n) is 11.9. The first-order chi connectivity index (χ1) is 10.0. The number of ether oxygens (including phenoxy) is 1. The lowest BCUT2D eigenvalue weighted by atomic mass is 9.88. The lowest BCUT2D eigenvalue weighted by Gasteiger charge is -2.18. The van der Waals surface area contributed by atoms with Crippen LogP contribution >= 0.6 is 0 Å². The molecular formula is C16H19NO4. The maximum atomic E-state index is 12.2. The number of amides is 1. The van der Waals surface area contributed by atoms with Crippen molar-refractivity contribution < 1.29 is 19.4 Å². The van der Waals surface area contributed by atoms with Gasteiger partial charge in [-0.3, -0.25) is 9.59 Å². The molecule has 2 saturated heterocycles. The minimum atomic E-state index is -0.856. The Balaban J connectivity index is 1.63. The zero-order valence-corrected chi connectivity index (χ0v) is 11.9. The van der Waals surface area contributed by atoms with E-state index in [4.69, 9.17) is 9.84 Å². The lowest BCUT2D eigenvalue weighted by molar-refractivity contribution is -0.138. The molecule has 3 rings (SSSR count). The number of hydrogen-bond donors (Lipinski definition) is 2. The van der Waals surface area contributed by atoms with Crippen LogP contribution in [0.25, 0.3) is 0 Å². The van der Waals surface area contributed by atoms with Crippen molar-refractivity contribution in [2.75, 3.05) is 5.32 Å². The average Bonchev–Trinajstić information content (AvgIpc) is 3.10. The van der Waals surface area contributed by atoms with E-state index in [9.17, 15) is 9.59 Å². The summed E-state index contributed by atoms with van der Waals surface area (Å²) in [4.78, 5) is 23.2. The third kappa shape index (κ3) is 2.78. The van der Waals surface area contributed by atoms with E-state index in [1.54, 1.807) is 31.2 Å². The number of carboxylic acid groups (broad SMARTS) is 1. The van der Waals surface area contributed by atoms with Crippen molar-refractivity contribution in [2.45, 2.75) is 44.3 Å². The van der Waals surface area contributed by atoms with Crippen LogP contribution < -0.4 is 5.32 Å². The van der Waals surface area contributed by atoms with Gasteiger partial charge in [-0.1, -0.05) is 12.1 Å². The lowest BCUT2D eigenvalue weighted by Crippen LogP contribution is -2.30. The second kappa shape index (κ2) is 5.48. The Bertz CT molecular complexity index is 554. The molecule has 2 fully saturated rings. The molecule has 112 valence electrons. The largest absolute Gasteiger partial charge is 0.481 e. The highest BCUT2D eigenvalue weighted by Crippen LogP contribution is 2.39. The summed E-state index contributed by atoms with van der Waals surface area (Å²) in [7, 11) is 0. The predicted molar refractivity (Wildman–Crippen MR) is 77.1 cm³/mol. The van der Waals surface area contributed by atoms with Crippen molar-refractivity contribution in [3.05, 3.63) is 29.8 Å². The molecule has 2 bridgehead atoms. The molecule has 4 unspecified atom stereocenters. The molecule has 0 spiro atoms. The predicted octanol–water partition coefficient (Wildman–Crippen LogP) is 2.38. The molecule has 5 heteroatoms. The average molecular weight is 289 g/mol. The van der Waals surface area contributed by atoms with Gasteiger partial charge in [0.15, 0.2) is 0 Å². The summed E-state index contributed by atoms with van der Waals surface area (Å²) in [6, 6.07) is 6.98. The maximum absolute atomic E-state index is 12.2. The van der Waals surface area contributed by atoms with Crippen molar-refractivity contribution in [2.24, 2.45) is 5.92 Å². The second-order valence-corrected chi connectivity index (χ2v) is 5.89. The zero-order chi connectivity index (χ0) is 15.0. The molecule has 0 aromatic heterocycles. The third-order valence-electron chi connectivity index (χ3n) is 4.49. The number of carboxylic acids is 1. The van der Waals surface area contributed by atoms with Crippen molar-refractivity contribution in [1.82, 2.24) is 0 Å². The third-order valence-corrected chi connectivity index (χ3v) is 4.49. The van der Waals surface area contributed by atoms with Crippen LogP contribution in [0.4, 0.5) is 5.69 Å². The van der Waals surface area contributed by atoms with Crippen molar-refractivity contribution >= 4 is 17.6 Å². The number of hydrogen-bond acceptors (Lipinski definition) is 3. The van der Waals surface area contributed by atoms with Gasteiger partial charge in [0.25, 0.3) is 0 Å². The fourth-order valence-electron chi connectivity index (χ4n) is 3.15. The molecule has 1 aromatic carbocycles. The van der Waals surface area contributed by atoms with E-state index < -0.39 is 11.9 Å². The topological polar surface area (TPSA) is 75.6 Å². The van der Waals surface area contributed by atoms with Gasteiger partial charge in [0.2, 0.25) is 5.91 Å². The minimum Gasteiger partial charge on any atom is -0.481 e. The molecule has 0 aliphatic carbocycles. The number of anilines is 1. The molecule has 2 heterocycles. The van der Waals surface area contributed by atoms with Gasteiger partial charge in [0.1, 0.15) is 0 Å². The second-order valence-electron chi connectivity index (χ2n) is 5.89. The first-order valence-electron chi connectivity index (χ1n) is 7.33. The number of carbonyl (C=O) groups excluding carboxylic acids is 1. The Kier molecular flexibility index (Phi) is 3.68. The van der Waals surface area contributed by atoms with E-state index in [0.29, 0.717) is 5.69 Å². The van der Waals surface area contributed by atoms with Crippen LogP contribution in [-0.2, 0) is 14.3 Å². The summed E-state index contributed by atoms with van der Waals surface area (Å²) in [5.41, 5.74) is 1.42. The smallest absolute Gasteiger partial charge is 0.310 e. The maximum Gasteiger partial charge on any atom is 0.310 e. The molecule has 21 heavy (non-hydrogen) atoms. The van der Waals surface area contributed by atoms with Crippen LogP contribution in [0.15, 0.2) is 24.3 Å². The van der Waals surface area contributed by atoms with E-state index in [0.717, 1.165) is 24.8 Å². The minimum absolute atomic E-state index is 0.00114. The highest BCUT2D eigenvalue weighted by atomic mass is 16.5. The molecular weight excluding hydrogens is 270 g/mol. The first kappa shape index (κ1) is 14.1. The highest BCUT2D eigenvalue weighted by molar-refractivity contribution is 5.93. The van der Waals surface area contributed by atoms with Gasteiger partial charge in [0.05, 0.1) is 24.0 Å². The van der Waals surface area contributed by atoms with E-state index in [1.807, 2.05) is 0 Å². The van der Waals surface area contributed by atoms with Gasteiger partial charge in [-0.25, -0.2) is 0 Å². The number of nitrogens with one attached hydrogen (secondary N) is 1. The summed E-state index contributed by atoms with van der Waals surface area (Å²) >= 11 is 0. The first-order valence-corrected chi connectivity index (χ1v) is 7.33. The van der Waals surface area contributed by atoms with Gasteiger partial charge in [-0.05, 0) is 43.9 Å². The van der Waals surface area contributed by atoms with Gasteiger partial charge in [-0.2, -0.15) is 0 Å². The molecule has 0 saturated carbocycles. The van der Waals surface area contributed by atoms with Crippen molar-refractivity contribution in [1.29, 1.82) is 0 Å². The van der Waals surface area contributed by atoms with Crippen LogP contribution in [0, 0.1) is 5.92 Å². The van der Waals surface area contributed by atoms with Crippen LogP contribution in [-0.4, -0.2) is 29.2 Å².